The lowest BCUT2D eigenvalue weighted by Crippen LogP contribution is -2.30. The van der Waals surface area contributed by atoms with Gasteiger partial charge in [0.05, 0.1) is 6.61 Å². The molecule has 130 valence electrons. The first-order chi connectivity index (χ1) is 12.0. The number of aliphatic hydroxyl groups excluding tert-OH is 2. The fourth-order valence-electron chi connectivity index (χ4n) is 2.09. The number of hydroxylamine groups is 1. The zero-order valence-corrected chi connectivity index (χ0v) is 14.0. The predicted molar refractivity (Wildman–Crippen MR) is 92.9 cm³/mol. The van der Waals surface area contributed by atoms with E-state index in [1.54, 1.807) is 30.5 Å². The Morgan fingerprint density at radius 1 is 1.40 bits per heavy atom. The number of aromatic nitrogens is 1. The average Bonchev–Trinajstić information content (AvgIpc) is 2.63. The Hall–Kier alpha value is -2.43. The quantitative estimate of drug-likeness (QED) is 0.511. The first-order valence-electron chi connectivity index (χ1n) is 7.44. The largest absolute Gasteiger partial charge is 0.394 e. The van der Waals surface area contributed by atoms with Crippen LogP contribution in [0.1, 0.15) is 27.0 Å². The lowest BCUT2D eigenvalue weighted by atomic mass is 10.0. The van der Waals surface area contributed by atoms with Crippen LogP contribution in [0, 0.1) is 12.3 Å². The van der Waals surface area contributed by atoms with Gasteiger partial charge in [-0.1, -0.05) is 23.6 Å². The number of carbonyl (C=O) groups excluding carboxylic acids is 1. The lowest BCUT2D eigenvalue weighted by Gasteiger charge is -2.12. The number of nitrogens with zero attached hydrogens (tertiary/aromatic N) is 1. The van der Waals surface area contributed by atoms with Crippen molar-refractivity contribution in [3.05, 3.63) is 63.9 Å². The average molecular weight is 361 g/mol. The summed E-state index contributed by atoms with van der Waals surface area (Å²) < 4.78 is 0. The minimum Gasteiger partial charge on any atom is -0.394 e. The van der Waals surface area contributed by atoms with E-state index >= 15 is 0 Å². The summed E-state index contributed by atoms with van der Waals surface area (Å²) >= 11 is 6.23. The lowest BCUT2D eigenvalue weighted by molar-refractivity contribution is -0.0295. The maximum atomic E-state index is 12.2. The van der Waals surface area contributed by atoms with Crippen molar-refractivity contribution in [1.29, 1.82) is 0 Å². The van der Waals surface area contributed by atoms with Gasteiger partial charge in [0.2, 0.25) is 0 Å². The highest BCUT2D eigenvalue weighted by molar-refractivity contribution is 6.31. The van der Waals surface area contributed by atoms with Crippen LogP contribution >= 0.6 is 11.6 Å². The summed E-state index contributed by atoms with van der Waals surface area (Å²) in [4.78, 5) is 21.2. The van der Waals surface area contributed by atoms with Gasteiger partial charge in [-0.05, 0) is 29.3 Å². The van der Waals surface area contributed by atoms with Crippen LogP contribution in [0.5, 0.6) is 0 Å². The zero-order chi connectivity index (χ0) is 18.2. The monoisotopic (exact) mass is 360 g/mol. The number of amides is 1. The van der Waals surface area contributed by atoms with Crippen molar-refractivity contribution in [3.8, 4) is 12.3 Å². The SMILES string of the molecule is C#Cc1ccc(Cc2cnccc2C(=O)NOC[C@H](O)CO)c(Cl)c1. The maximum Gasteiger partial charge on any atom is 0.275 e. The normalized spacial score (nSPS) is 11.6. The number of nitrogens with one attached hydrogen (secondary N) is 1. The van der Waals surface area contributed by atoms with E-state index < -0.39 is 18.6 Å². The van der Waals surface area contributed by atoms with Gasteiger partial charge in [-0.2, -0.15) is 0 Å². The van der Waals surface area contributed by atoms with E-state index in [2.05, 4.69) is 16.4 Å². The molecule has 25 heavy (non-hydrogen) atoms. The number of halogens is 1. The first-order valence-corrected chi connectivity index (χ1v) is 7.82. The van der Waals surface area contributed by atoms with Crippen LogP contribution in [0.3, 0.4) is 0 Å². The number of benzene rings is 1. The molecule has 1 aromatic carbocycles. The highest BCUT2D eigenvalue weighted by atomic mass is 35.5. The number of hydrogen-bond acceptors (Lipinski definition) is 5. The van der Waals surface area contributed by atoms with E-state index in [9.17, 15) is 9.90 Å². The predicted octanol–water partition coefficient (Wildman–Crippen LogP) is 1.32. The van der Waals surface area contributed by atoms with Crippen LogP contribution in [-0.2, 0) is 11.3 Å². The van der Waals surface area contributed by atoms with Gasteiger partial charge in [-0.25, -0.2) is 5.48 Å². The summed E-state index contributed by atoms with van der Waals surface area (Å²) in [6, 6.07) is 6.82. The van der Waals surface area contributed by atoms with Gasteiger partial charge < -0.3 is 10.2 Å². The summed E-state index contributed by atoms with van der Waals surface area (Å²) in [6.07, 6.45) is 7.73. The van der Waals surface area contributed by atoms with Crippen molar-refractivity contribution in [3.63, 3.8) is 0 Å². The summed E-state index contributed by atoms with van der Waals surface area (Å²) in [5.41, 5.74) is 4.73. The van der Waals surface area contributed by atoms with Crippen LogP contribution in [0.25, 0.3) is 0 Å². The molecule has 2 rings (SSSR count). The molecule has 0 bridgehead atoms. The summed E-state index contributed by atoms with van der Waals surface area (Å²) in [6.45, 7) is -0.676. The van der Waals surface area contributed by atoms with Crippen LogP contribution in [0.4, 0.5) is 0 Å². The van der Waals surface area contributed by atoms with Crippen molar-refractivity contribution in [2.75, 3.05) is 13.2 Å². The Balaban J connectivity index is 2.12. The van der Waals surface area contributed by atoms with Crippen LogP contribution in [0.15, 0.2) is 36.7 Å². The second-order valence-corrected chi connectivity index (χ2v) is 5.65. The van der Waals surface area contributed by atoms with Crippen LogP contribution in [0.2, 0.25) is 5.02 Å². The molecule has 0 aliphatic heterocycles. The van der Waals surface area contributed by atoms with Gasteiger partial charge in [0.1, 0.15) is 12.7 Å². The van der Waals surface area contributed by atoms with Crippen molar-refractivity contribution in [1.82, 2.24) is 10.5 Å². The third-order valence-corrected chi connectivity index (χ3v) is 3.75. The molecule has 2 aromatic rings. The van der Waals surface area contributed by atoms with Crippen LogP contribution < -0.4 is 5.48 Å². The molecule has 0 aliphatic carbocycles. The molecule has 1 aromatic heterocycles. The van der Waals surface area contributed by atoms with Gasteiger partial charge in [-0.3, -0.25) is 14.6 Å². The number of pyridine rings is 1. The molecule has 0 fully saturated rings. The first kappa shape index (κ1) is 18.9. The molecule has 7 heteroatoms. The van der Waals surface area contributed by atoms with E-state index in [0.29, 0.717) is 28.1 Å². The second kappa shape index (κ2) is 9.16. The van der Waals surface area contributed by atoms with E-state index in [0.717, 1.165) is 5.56 Å². The second-order valence-electron chi connectivity index (χ2n) is 5.24. The molecular formula is C18H17ClN2O4. The number of hydrogen-bond donors (Lipinski definition) is 3. The molecule has 6 nitrogen and oxygen atoms in total. The fraction of sp³-hybridized carbons (Fsp3) is 0.222. The molecule has 0 spiro atoms. The topological polar surface area (TPSA) is 91.7 Å². The zero-order valence-electron chi connectivity index (χ0n) is 13.3. The fourth-order valence-corrected chi connectivity index (χ4v) is 2.33. The molecule has 0 radical (unpaired) electrons. The molecule has 3 N–H and O–H groups in total. The third-order valence-electron chi connectivity index (χ3n) is 3.40. The molecule has 0 unspecified atom stereocenters. The molecule has 1 heterocycles. The van der Waals surface area contributed by atoms with Gasteiger partial charge in [0.25, 0.3) is 5.91 Å². The van der Waals surface area contributed by atoms with Crippen LogP contribution in [-0.4, -0.2) is 40.4 Å². The van der Waals surface area contributed by atoms with E-state index in [-0.39, 0.29) is 6.61 Å². The maximum absolute atomic E-state index is 12.2. The molecule has 0 saturated carbocycles. The Morgan fingerprint density at radius 2 is 2.20 bits per heavy atom. The standard InChI is InChI=1S/C18H17ClN2O4/c1-2-12-3-4-13(17(19)7-12)8-14-9-20-6-5-16(14)18(24)21-25-11-15(23)10-22/h1,3-7,9,15,22-23H,8,10-11H2,(H,21,24)/t15-/m1/s1. The highest BCUT2D eigenvalue weighted by Gasteiger charge is 2.14. The summed E-state index contributed by atoms with van der Waals surface area (Å²) in [5.74, 6) is 2.02. The van der Waals surface area contributed by atoms with E-state index in [4.69, 9.17) is 28.0 Å². The third kappa shape index (κ3) is 5.28. The molecular weight excluding hydrogens is 344 g/mol. The number of aliphatic hydroxyl groups is 2. The summed E-state index contributed by atoms with van der Waals surface area (Å²) in [5, 5.41) is 18.4. The smallest absolute Gasteiger partial charge is 0.275 e. The molecule has 1 atom stereocenters. The summed E-state index contributed by atoms with van der Waals surface area (Å²) in [7, 11) is 0. The Kier molecular flexibility index (Phi) is 6.92. The number of terminal acetylenes is 1. The van der Waals surface area contributed by atoms with E-state index in [1.165, 1.54) is 6.20 Å². The van der Waals surface area contributed by atoms with E-state index in [1.807, 2.05) is 0 Å². The molecule has 1 amide bonds. The van der Waals surface area contributed by atoms with Crippen molar-refractivity contribution >= 4 is 17.5 Å². The minimum absolute atomic E-state index is 0.220. The van der Waals surface area contributed by atoms with Gasteiger partial charge in [-0.15, -0.1) is 6.42 Å². The van der Waals surface area contributed by atoms with Gasteiger partial charge in [0, 0.05) is 35.0 Å². The number of carbonyl (C=O) groups is 1. The Bertz CT molecular complexity index is 789. The highest BCUT2D eigenvalue weighted by Crippen LogP contribution is 2.22. The van der Waals surface area contributed by atoms with Gasteiger partial charge in [0.15, 0.2) is 0 Å². The minimum atomic E-state index is -1.06. The van der Waals surface area contributed by atoms with Crippen molar-refractivity contribution in [2.24, 2.45) is 0 Å². The van der Waals surface area contributed by atoms with Crippen molar-refractivity contribution in [2.45, 2.75) is 12.5 Å². The molecule has 0 aliphatic rings. The Labute approximate surface area is 150 Å². The van der Waals surface area contributed by atoms with Crippen molar-refractivity contribution < 1.29 is 19.8 Å². The number of rotatable bonds is 7. The Morgan fingerprint density at radius 3 is 2.88 bits per heavy atom. The van der Waals surface area contributed by atoms with Gasteiger partial charge >= 0.3 is 0 Å². The molecule has 0 saturated heterocycles.